The number of hydrogen-bond acceptors (Lipinski definition) is 5. The molecule has 0 bridgehead atoms. The SMILES string of the molecule is CCOCc1nc([C@H](C)n2nc(C)cc2C)n(C2CCN(C)CC2)n1. The number of ether oxygens (including phenoxy) is 1. The van der Waals surface area contributed by atoms with Gasteiger partial charge in [0.25, 0.3) is 0 Å². The van der Waals surface area contributed by atoms with Crippen LogP contribution in [-0.4, -0.2) is 56.2 Å². The smallest absolute Gasteiger partial charge is 0.176 e. The molecule has 3 heterocycles. The molecule has 0 saturated carbocycles. The number of rotatable bonds is 6. The van der Waals surface area contributed by atoms with Crippen molar-refractivity contribution in [1.82, 2.24) is 29.4 Å². The maximum atomic E-state index is 5.54. The lowest BCUT2D eigenvalue weighted by molar-refractivity contribution is 0.127. The van der Waals surface area contributed by atoms with Crippen molar-refractivity contribution in [3.05, 3.63) is 29.1 Å². The van der Waals surface area contributed by atoms with Crippen LogP contribution in [0.5, 0.6) is 0 Å². The molecule has 0 N–H and O–H groups in total. The average molecular weight is 346 g/mol. The van der Waals surface area contributed by atoms with Gasteiger partial charge < -0.3 is 9.64 Å². The summed E-state index contributed by atoms with van der Waals surface area (Å²) in [5.41, 5.74) is 2.18. The Morgan fingerprint density at radius 3 is 2.56 bits per heavy atom. The summed E-state index contributed by atoms with van der Waals surface area (Å²) in [5.74, 6) is 1.75. The molecule has 1 aliphatic heterocycles. The van der Waals surface area contributed by atoms with E-state index >= 15 is 0 Å². The van der Waals surface area contributed by atoms with Gasteiger partial charge in [0.05, 0.1) is 11.7 Å². The lowest BCUT2D eigenvalue weighted by Crippen LogP contribution is -2.33. The predicted molar refractivity (Wildman–Crippen MR) is 96.6 cm³/mol. The monoisotopic (exact) mass is 346 g/mol. The van der Waals surface area contributed by atoms with E-state index in [1.54, 1.807) is 0 Å². The Bertz CT molecular complexity index is 698. The first kappa shape index (κ1) is 18.1. The largest absolute Gasteiger partial charge is 0.374 e. The third-order valence-corrected chi connectivity index (χ3v) is 4.96. The molecular formula is C18H30N6O. The maximum absolute atomic E-state index is 5.54. The van der Waals surface area contributed by atoms with Gasteiger partial charge in [-0.15, -0.1) is 0 Å². The van der Waals surface area contributed by atoms with Crippen LogP contribution in [0.25, 0.3) is 0 Å². The van der Waals surface area contributed by atoms with Crippen LogP contribution >= 0.6 is 0 Å². The summed E-state index contributed by atoms with van der Waals surface area (Å²) in [6, 6.07) is 2.55. The van der Waals surface area contributed by atoms with Crippen molar-refractivity contribution in [2.45, 2.75) is 59.2 Å². The molecule has 1 atom stereocenters. The van der Waals surface area contributed by atoms with Gasteiger partial charge >= 0.3 is 0 Å². The summed E-state index contributed by atoms with van der Waals surface area (Å²) in [5, 5.41) is 9.45. The zero-order valence-electron chi connectivity index (χ0n) is 16.1. The van der Waals surface area contributed by atoms with Crippen molar-refractivity contribution in [3.8, 4) is 0 Å². The highest BCUT2D eigenvalue weighted by Gasteiger charge is 2.27. The van der Waals surface area contributed by atoms with Crippen LogP contribution in [-0.2, 0) is 11.3 Å². The summed E-state index contributed by atoms with van der Waals surface area (Å²) in [4.78, 5) is 7.19. The second kappa shape index (κ2) is 7.66. The molecule has 25 heavy (non-hydrogen) atoms. The van der Waals surface area contributed by atoms with Crippen molar-refractivity contribution in [1.29, 1.82) is 0 Å². The van der Waals surface area contributed by atoms with E-state index in [-0.39, 0.29) is 6.04 Å². The first-order valence-electron chi connectivity index (χ1n) is 9.24. The van der Waals surface area contributed by atoms with Gasteiger partial charge in [-0.3, -0.25) is 4.68 Å². The van der Waals surface area contributed by atoms with E-state index in [0.29, 0.717) is 19.3 Å². The molecule has 0 aliphatic carbocycles. The van der Waals surface area contributed by atoms with Crippen LogP contribution in [0.3, 0.4) is 0 Å². The highest BCUT2D eigenvalue weighted by Crippen LogP contribution is 2.27. The predicted octanol–water partition coefficient (Wildman–Crippen LogP) is 2.50. The summed E-state index contributed by atoms with van der Waals surface area (Å²) < 4.78 is 9.73. The van der Waals surface area contributed by atoms with Crippen molar-refractivity contribution in [2.24, 2.45) is 0 Å². The van der Waals surface area contributed by atoms with Gasteiger partial charge in [0.15, 0.2) is 11.6 Å². The van der Waals surface area contributed by atoms with Crippen LogP contribution < -0.4 is 0 Å². The number of likely N-dealkylation sites (tertiary alicyclic amines) is 1. The Kier molecular flexibility index (Phi) is 5.54. The number of nitrogens with zero attached hydrogens (tertiary/aromatic N) is 6. The van der Waals surface area contributed by atoms with Gasteiger partial charge in [-0.25, -0.2) is 9.67 Å². The van der Waals surface area contributed by atoms with Gasteiger partial charge in [0.2, 0.25) is 0 Å². The summed E-state index contributed by atoms with van der Waals surface area (Å²) >= 11 is 0. The van der Waals surface area contributed by atoms with E-state index in [4.69, 9.17) is 14.8 Å². The van der Waals surface area contributed by atoms with Gasteiger partial charge in [0.1, 0.15) is 12.6 Å². The molecule has 1 fully saturated rings. The third kappa shape index (κ3) is 3.93. The second-order valence-corrected chi connectivity index (χ2v) is 7.05. The molecule has 0 radical (unpaired) electrons. The zero-order chi connectivity index (χ0) is 18.0. The fourth-order valence-electron chi connectivity index (χ4n) is 3.58. The normalized spacial score (nSPS) is 18.0. The molecule has 138 valence electrons. The van der Waals surface area contributed by atoms with Crippen LogP contribution in [0.4, 0.5) is 0 Å². The van der Waals surface area contributed by atoms with Crippen LogP contribution in [0.2, 0.25) is 0 Å². The van der Waals surface area contributed by atoms with Crippen molar-refractivity contribution >= 4 is 0 Å². The average Bonchev–Trinajstić information content (AvgIpc) is 3.16. The minimum Gasteiger partial charge on any atom is -0.374 e. The van der Waals surface area contributed by atoms with Crippen LogP contribution in [0, 0.1) is 13.8 Å². The number of aromatic nitrogens is 5. The Balaban J connectivity index is 1.92. The van der Waals surface area contributed by atoms with Gasteiger partial charge in [-0.2, -0.15) is 10.2 Å². The standard InChI is InChI=1S/C18H30N6O/c1-6-25-12-17-19-18(15(4)23-14(3)11-13(2)20-23)24(21-17)16-7-9-22(5)10-8-16/h11,15-16H,6-10,12H2,1-5H3/t15-/m0/s1. The van der Waals surface area contributed by atoms with E-state index in [0.717, 1.165) is 49.0 Å². The molecule has 0 unspecified atom stereocenters. The number of piperidine rings is 1. The van der Waals surface area contributed by atoms with E-state index in [1.807, 2.05) is 13.8 Å². The van der Waals surface area contributed by atoms with Gasteiger partial charge in [0, 0.05) is 12.3 Å². The molecule has 2 aromatic heterocycles. The zero-order valence-corrected chi connectivity index (χ0v) is 16.1. The lowest BCUT2D eigenvalue weighted by Gasteiger charge is -2.30. The first-order chi connectivity index (χ1) is 12.0. The molecule has 0 amide bonds. The molecule has 2 aromatic rings. The van der Waals surface area contributed by atoms with Crippen molar-refractivity contribution in [3.63, 3.8) is 0 Å². The van der Waals surface area contributed by atoms with E-state index in [9.17, 15) is 0 Å². The molecule has 0 spiro atoms. The molecule has 7 nitrogen and oxygen atoms in total. The Labute approximate surface area is 150 Å². The highest BCUT2D eigenvalue weighted by atomic mass is 16.5. The minimum absolute atomic E-state index is 0.0521. The summed E-state index contributed by atoms with van der Waals surface area (Å²) in [6.45, 7) is 11.6. The quantitative estimate of drug-likeness (QED) is 0.804. The molecular weight excluding hydrogens is 316 g/mol. The highest BCUT2D eigenvalue weighted by molar-refractivity contribution is 5.11. The topological polar surface area (TPSA) is 61.0 Å². The fraction of sp³-hybridized carbons (Fsp3) is 0.722. The van der Waals surface area contributed by atoms with Crippen LogP contribution in [0.15, 0.2) is 6.07 Å². The number of hydrogen-bond donors (Lipinski definition) is 0. The fourth-order valence-corrected chi connectivity index (χ4v) is 3.58. The van der Waals surface area contributed by atoms with Crippen LogP contribution in [0.1, 0.15) is 61.8 Å². The van der Waals surface area contributed by atoms with E-state index < -0.39 is 0 Å². The molecule has 1 aliphatic rings. The molecule has 0 aromatic carbocycles. The summed E-state index contributed by atoms with van der Waals surface area (Å²) in [6.07, 6.45) is 2.20. The van der Waals surface area contributed by atoms with Gasteiger partial charge in [-0.1, -0.05) is 0 Å². The molecule has 7 heteroatoms. The summed E-state index contributed by atoms with van der Waals surface area (Å²) in [7, 11) is 2.18. The van der Waals surface area contributed by atoms with Gasteiger partial charge in [-0.05, 0) is 66.7 Å². The Morgan fingerprint density at radius 1 is 1.24 bits per heavy atom. The Morgan fingerprint density at radius 2 is 1.96 bits per heavy atom. The van der Waals surface area contributed by atoms with Crippen molar-refractivity contribution in [2.75, 3.05) is 26.7 Å². The van der Waals surface area contributed by atoms with E-state index in [1.165, 1.54) is 0 Å². The maximum Gasteiger partial charge on any atom is 0.176 e. The first-order valence-corrected chi connectivity index (χ1v) is 9.24. The Hall–Kier alpha value is -1.73. The lowest BCUT2D eigenvalue weighted by atomic mass is 10.1. The minimum atomic E-state index is 0.0521. The molecule has 3 rings (SSSR count). The third-order valence-electron chi connectivity index (χ3n) is 4.96. The second-order valence-electron chi connectivity index (χ2n) is 7.05. The van der Waals surface area contributed by atoms with E-state index in [2.05, 4.69) is 46.3 Å². The molecule has 1 saturated heterocycles. The number of aryl methyl sites for hydroxylation is 2. The van der Waals surface area contributed by atoms with Crippen molar-refractivity contribution < 1.29 is 4.74 Å².